The van der Waals surface area contributed by atoms with Crippen LogP contribution in [0.4, 0.5) is 0 Å². The largest absolute Gasteiger partial charge is 0.370 e. The number of halogens is 1. The van der Waals surface area contributed by atoms with Gasteiger partial charge in [0.2, 0.25) is 0 Å². The van der Waals surface area contributed by atoms with E-state index in [1.807, 2.05) is 0 Å². The second-order valence-electron chi connectivity index (χ2n) is 5.81. The lowest BCUT2D eigenvalue weighted by molar-refractivity contribution is 0.368. The lowest BCUT2D eigenvalue weighted by Crippen LogP contribution is -2.38. The smallest absolute Gasteiger partial charge is 0.191 e. The molecular weight excluding hydrogens is 379 g/mol. The van der Waals surface area contributed by atoms with Crippen LogP contribution in [0.2, 0.25) is 0 Å². The first-order valence-corrected chi connectivity index (χ1v) is 7.86. The predicted molar refractivity (Wildman–Crippen MR) is 93.9 cm³/mol. The van der Waals surface area contributed by atoms with Crippen LogP contribution < -0.4 is 5.73 Å². The van der Waals surface area contributed by atoms with Crippen molar-refractivity contribution in [2.75, 3.05) is 13.1 Å². The molecule has 0 radical (unpaired) electrons. The molecule has 2 heterocycles. The van der Waals surface area contributed by atoms with Crippen LogP contribution in [0, 0.1) is 0 Å². The highest BCUT2D eigenvalue weighted by Crippen LogP contribution is 2.24. The lowest BCUT2D eigenvalue weighted by atomic mass is 9.96. The number of likely N-dealkylation sites (tertiary alicyclic amines) is 1. The number of rotatable bonds is 2. The Hall–Kier alpha value is -0.790. The number of nitrogens with zero attached hydrogens (tertiary/aromatic N) is 3. The standard InChI is InChI=1S/C15H24N4O.HI/c16-15(19-9-5-1-2-6-10-19)17-11-13-12-7-3-4-8-14(12)20-18-13;/h1-11H2,(H2,16,17);1H. The summed E-state index contributed by atoms with van der Waals surface area (Å²) in [4.78, 5) is 6.75. The van der Waals surface area contributed by atoms with Crippen LogP contribution in [0.15, 0.2) is 9.52 Å². The summed E-state index contributed by atoms with van der Waals surface area (Å²) in [5, 5.41) is 4.18. The Bertz CT molecular complexity index is 478. The summed E-state index contributed by atoms with van der Waals surface area (Å²) >= 11 is 0. The fourth-order valence-electron chi connectivity index (χ4n) is 3.13. The molecule has 0 bridgehead atoms. The summed E-state index contributed by atoms with van der Waals surface area (Å²) < 4.78 is 5.41. The number of aromatic nitrogens is 1. The van der Waals surface area contributed by atoms with E-state index in [2.05, 4.69) is 15.0 Å². The highest BCUT2D eigenvalue weighted by atomic mass is 127. The van der Waals surface area contributed by atoms with E-state index in [1.165, 1.54) is 44.1 Å². The molecule has 2 aliphatic rings. The van der Waals surface area contributed by atoms with Crippen LogP contribution >= 0.6 is 24.0 Å². The molecule has 3 rings (SSSR count). The zero-order chi connectivity index (χ0) is 13.8. The van der Waals surface area contributed by atoms with Crippen molar-refractivity contribution in [2.45, 2.75) is 57.9 Å². The SMILES string of the molecule is I.NC(=NCc1noc2c1CCCC2)N1CCCCCC1. The van der Waals surface area contributed by atoms with Crippen molar-refractivity contribution < 1.29 is 4.52 Å². The van der Waals surface area contributed by atoms with E-state index in [9.17, 15) is 0 Å². The Morgan fingerprint density at radius 2 is 1.81 bits per heavy atom. The number of hydrogen-bond acceptors (Lipinski definition) is 3. The molecule has 1 aliphatic heterocycles. The van der Waals surface area contributed by atoms with Gasteiger partial charge in [0.25, 0.3) is 0 Å². The van der Waals surface area contributed by atoms with E-state index in [4.69, 9.17) is 10.3 Å². The maximum absolute atomic E-state index is 6.13. The van der Waals surface area contributed by atoms with Gasteiger partial charge in [-0.2, -0.15) is 0 Å². The van der Waals surface area contributed by atoms with Crippen LogP contribution in [0.25, 0.3) is 0 Å². The van der Waals surface area contributed by atoms with Gasteiger partial charge in [-0.25, -0.2) is 4.99 Å². The first kappa shape index (κ1) is 16.6. The van der Waals surface area contributed by atoms with E-state index in [0.29, 0.717) is 12.5 Å². The second-order valence-corrected chi connectivity index (χ2v) is 5.81. The number of aryl methyl sites for hydroxylation is 1. The summed E-state index contributed by atoms with van der Waals surface area (Å²) in [6.07, 6.45) is 9.58. The van der Waals surface area contributed by atoms with E-state index in [0.717, 1.165) is 37.4 Å². The van der Waals surface area contributed by atoms with Crippen molar-refractivity contribution in [3.63, 3.8) is 0 Å². The van der Waals surface area contributed by atoms with E-state index < -0.39 is 0 Å². The molecule has 0 saturated carbocycles. The number of nitrogens with two attached hydrogens (primary N) is 1. The van der Waals surface area contributed by atoms with Crippen LogP contribution in [0.5, 0.6) is 0 Å². The van der Waals surface area contributed by atoms with Crippen molar-refractivity contribution in [2.24, 2.45) is 10.7 Å². The van der Waals surface area contributed by atoms with Crippen LogP contribution in [-0.2, 0) is 19.4 Å². The Kier molecular flexibility index (Phi) is 6.32. The topological polar surface area (TPSA) is 67.6 Å². The van der Waals surface area contributed by atoms with Gasteiger partial charge in [-0.15, -0.1) is 24.0 Å². The van der Waals surface area contributed by atoms with E-state index in [-0.39, 0.29) is 24.0 Å². The van der Waals surface area contributed by atoms with Crippen molar-refractivity contribution >= 4 is 29.9 Å². The van der Waals surface area contributed by atoms with Crippen molar-refractivity contribution in [3.05, 3.63) is 17.0 Å². The zero-order valence-electron chi connectivity index (χ0n) is 12.5. The molecule has 2 N–H and O–H groups in total. The van der Waals surface area contributed by atoms with Gasteiger partial charge >= 0.3 is 0 Å². The van der Waals surface area contributed by atoms with Gasteiger partial charge in [0.1, 0.15) is 11.5 Å². The average molecular weight is 404 g/mol. The third-order valence-corrected chi connectivity index (χ3v) is 4.35. The molecule has 1 aliphatic carbocycles. The molecule has 0 spiro atoms. The van der Waals surface area contributed by atoms with Gasteiger partial charge in [-0.05, 0) is 32.1 Å². The van der Waals surface area contributed by atoms with Crippen LogP contribution in [-0.4, -0.2) is 29.1 Å². The monoisotopic (exact) mass is 404 g/mol. The van der Waals surface area contributed by atoms with E-state index in [1.54, 1.807) is 0 Å². The molecule has 0 unspecified atom stereocenters. The van der Waals surface area contributed by atoms with Gasteiger partial charge in [0, 0.05) is 25.1 Å². The molecule has 0 aromatic carbocycles. The minimum atomic E-state index is 0. The second kappa shape index (κ2) is 8.00. The normalized spacial score (nSPS) is 19.6. The Labute approximate surface area is 143 Å². The third-order valence-electron chi connectivity index (χ3n) is 4.35. The number of aliphatic imine (C=N–C) groups is 1. The van der Waals surface area contributed by atoms with Crippen molar-refractivity contribution in [3.8, 4) is 0 Å². The summed E-state index contributed by atoms with van der Waals surface area (Å²) in [7, 11) is 0. The van der Waals surface area contributed by atoms with Gasteiger partial charge in [-0.1, -0.05) is 18.0 Å². The molecule has 1 fully saturated rings. The molecule has 0 atom stereocenters. The fraction of sp³-hybridized carbons (Fsp3) is 0.733. The van der Waals surface area contributed by atoms with Crippen LogP contribution in [0.3, 0.4) is 0 Å². The maximum Gasteiger partial charge on any atom is 0.191 e. The summed E-state index contributed by atoms with van der Waals surface area (Å²) in [6.45, 7) is 2.62. The molecule has 5 nitrogen and oxygen atoms in total. The molecule has 1 aromatic rings. The Balaban J connectivity index is 0.00000161. The predicted octanol–water partition coefficient (Wildman–Crippen LogP) is 2.86. The summed E-state index contributed by atoms with van der Waals surface area (Å²) in [5.74, 6) is 1.73. The highest BCUT2D eigenvalue weighted by molar-refractivity contribution is 14.0. The Morgan fingerprint density at radius 3 is 2.57 bits per heavy atom. The average Bonchev–Trinajstić information content (AvgIpc) is 2.70. The number of guanidine groups is 1. The number of hydrogen-bond donors (Lipinski definition) is 1. The highest BCUT2D eigenvalue weighted by Gasteiger charge is 2.19. The lowest BCUT2D eigenvalue weighted by Gasteiger charge is -2.21. The van der Waals surface area contributed by atoms with Crippen LogP contribution in [0.1, 0.15) is 55.5 Å². The first-order chi connectivity index (χ1) is 9.84. The number of fused-ring (bicyclic) bond motifs is 1. The first-order valence-electron chi connectivity index (χ1n) is 7.86. The zero-order valence-corrected chi connectivity index (χ0v) is 14.8. The third kappa shape index (κ3) is 4.11. The van der Waals surface area contributed by atoms with Gasteiger partial charge in [0.05, 0.1) is 6.54 Å². The molecule has 0 amide bonds. The minimum Gasteiger partial charge on any atom is -0.370 e. The molecule has 1 aromatic heterocycles. The fourth-order valence-corrected chi connectivity index (χ4v) is 3.13. The minimum absolute atomic E-state index is 0. The summed E-state index contributed by atoms with van der Waals surface area (Å²) in [5.41, 5.74) is 8.39. The molecule has 118 valence electrons. The molecule has 21 heavy (non-hydrogen) atoms. The van der Waals surface area contributed by atoms with Gasteiger partial charge in [0.15, 0.2) is 5.96 Å². The van der Waals surface area contributed by atoms with E-state index >= 15 is 0 Å². The molecule has 6 heteroatoms. The van der Waals surface area contributed by atoms with Crippen molar-refractivity contribution in [1.29, 1.82) is 0 Å². The quantitative estimate of drug-likeness (QED) is 0.468. The van der Waals surface area contributed by atoms with Gasteiger partial charge < -0.3 is 15.2 Å². The van der Waals surface area contributed by atoms with Gasteiger partial charge in [-0.3, -0.25) is 0 Å². The Morgan fingerprint density at radius 1 is 1.10 bits per heavy atom. The summed E-state index contributed by atoms with van der Waals surface area (Å²) in [6, 6.07) is 0. The molecule has 1 saturated heterocycles. The molecular formula is C15H25IN4O. The van der Waals surface area contributed by atoms with Crippen molar-refractivity contribution in [1.82, 2.24) is 10.1 Å². The maximum atomic E-state index is 6.13.